The van der Waals surface area contributed by atoms with Crippen molar-refractivity contribution in [3.8, 4) is 0 Å². The highest BCUT2D eigenvalue weighted by Gasteiger charge is 2.73. The molecule has 352 valence electrons. The highest BCUT2D eigenvalue weighted by Crippen LogP contribution is 2.49. The normalized spacial score (nSPS) is 13.5. The lowest BCUT2D eigenvalue weighted by Crippen LogP contribution is -3.00. The van der Waals surface area contributed by atoms with Crippen LogP contribution in [0.3, 0.4) is 0 Å². The van der Waals surface area contributed by atoms with E-state index in [1.165, 1.54) is 5.56 Å². The number of benzene rings is 2. The van der Waals surface area contributed by atoms with E-state index >= 15 is 0 Å². The van der Waals surface area contributed by atoms with Crippen molar-refractivity contribution >= 4 is 54.5 Å². The summed E-state index contributed by atoms with van der Waals surface area (Å²) in [5, 5.41) is 0. The molecule has 0 saturated heterocycles. The molecule has 60 heavy (non-hydrogen) atoms. The first-order valence-electron chi connectivity index (χ1n) is 17.0. The minimum Gasteiger partial charge on any atom is -1.00 e. The molecule has 8 nitrogen and oxygen atoms in total. The van der Waals surface area contributed by atoms with Gasteiger partial charge in [-0.1, -0.05) is 60.7 Å². The highest BCUT2D eigenvalue weighted by molar-refractivity contribution is 14.1. The van der Waals surface area contributed by atoms with Gasteiger partial charge in [-0.15, -0.1) is 11.6 Å². The second-order valence-electron chi connectivity index (χ2n) is 13.5. The van der Waals surface area contributed by atoms with Crippen LogP contribution in [0, 0.1) is 0 Å². The third-order valence-corrected chi connectivity index (χ3v) is 11.5. The molecule has 0 saturated carbocycles. The van der Waals surface area contributed by atoms with Crippen LogP contribution < -0.4 is 21.9 Å². The number of halogens is 17. The molecule has 0 unspecified atom stereocenters. The Labute approximate surface area is 365 Å². The number of hydrogen-bond donors (Lipinski definition) is 2. The van der Waals surface area contributed by atoms with Crippen molar-refractivity contribution in [1.29, 1.82) is 0 Å². The Morgan fingerprint density at radius 1 is 0.617 bits per heavy atom. The van der Waals surface area contributed by atoms with E-state index in [4.69, 9.17) is 11.6 Å². The lowest BCUT2D eigenvalue weighted by atomic mass is 10.0. The third-order valence-electron chi connectivity index (χ3n) is 7.91. The first-order valence-corrected chi connectivity index (χ1v) is 21.8. The van der Waals surface area contributed by atoms with Crippen molar-refractivity contribution < 1.29 is 95.2 Å². The summed E-state index contributed by atoms with van der Waals surface area (Å²) >= 11 is 7.43. The SMILES string of the molecule is CN(I)CCCNS(=O)(=O)CCC(F)(C(F)(F)F)C(F)(F)F.C[N+](C)(CCCNS(=O)(=O)CCC(F)(C(F)(F)F)C(F)(F)F)Cc1ccccc1.ClCc1ccccc1.[Cl-]. The van der Waals surface area contributed by atoms with Gasteiger partial charge in [0.25, 0.3) is 11.3 Å². The highest BCUT2D eigenvalue weighted by atomic mass is 127. The molecule has 0 aromatic heterocycles. The smallest absolute Gasteiger partial charge is 0.431 e. The largest absolute Gasteiger partial charge is 1.00 e. The lowest BCUT2D eigenvalue weighted by molar-refractivity contribution is -0.903. The maximum absolute atomic E-state index is 13.5. The van der Waals surface area contributed by atoms with Crippen molar-refractivity contribution in [3.05, 3.63) is 71.8 Å². The number of rotatable bonds is 19. The average molecular weight is 1090 g/mol. The van der Waals surface area contributed by atoms with E-state index in [0.29, 0.717) is 36.4 Å². The van der Waals surface area contributed by atoms with Crippen LogP contribution in [0.4, 0.5) is 61.5 Å². The molecule has 0 spiro atoms. The fourth-order valence-electron chi connectivity index (χ4n) is 4.57. The van der Waals surface area contributed by atoms with Gasteiger partial charge >= 0.3 is 24.7 Å². The summed E-state index contributed by atoms with van der Waals surface area (Å²) in [5.74, 6) is -2.64. The third kappa shape index (κ3) is 22.2. The maximum atomic E-state index is 13.5. The Morgan fingerprint density at radius 3 is 1.25 bits per heavy atom. The summed E-state index contributed by atoms with van der Waals surface area (Å²) in [5.41, 5.74) is -8.91. The fourth-order valence-corrected chi connectivity index (χ4v) is 7.38. The minimum absolute atomic E-state index is 0. The first-order chi connectivity index (χ1) is 26.5. The number of alkyl halides is 15. The van der Waals surface area contributed by atoms with E-state index in [1.54, 1.807) is 10.2 Å². The van der Waals surface area contributed by atoms with Crippen LogP contribution in [0.1, 0.15) is 36.8 Å². The summed E-state index contributed by atoms with van der Waals surface area (Å²) in [6, 6.07) is 19.4. The number of quaternary nitrogens is 1. The summed E-state index contributed by atoms with van der Waals surface area (Å²) in [6.07, 6.45) is -28.9. The molecule has 2 N–H and O–H groups in total. The topological polar surface area (TPSA) is 95.6 Å². The van der Waals surface area contributed by atoms with E-state index in [9.17, 15) is 78.3 Å². The predicted molar refractivity (Wildman–Crippen MR) is 204 cm³/mol. The first kappa shape index (κ1) is 60.6. The Bertz CT molecular complexity index is 1700. The number of nitrogens with zero attached hydrogens (tertiary/aromatic N) is 2. The van der Waals surface area contributed by atoms with Gasteiger partial charge in [0.05, 0.1) is 32.1 Å². The molecular weight excluding hydrogens is 1040 g/mol. The Morgan fingerprint density at radius 2 is 0.950 bits per heavy atom. The van der Waals surface area contributed by atoms with E-state index < -0.39 is 80.4 Å². The molecule has 0 radical (unpaired) electrons. The van der Waals surface area contributed by atoms with E-state index in [2.05, 4.69) is 0 Å². The number of sulfonamides is 2. The zero-order chi connectivity index (χ0) is 46.2. The standard InChI is InChI=1S/C17H24F7N2O2S.C9H14F7IN2O2S.C7H7Cl.ClH/c1-26(2,13-14-7-4-3-5-8-14)11-6-10-25-29(27,28)12-9-15(18,16(19,20)21)17(22,23)24;1-19(17)5-2-4-18-22(20,21)6-3-7(10,8(11,12)13)9(14,15)16;8-6-7-4-2-1-3-5-7;/h3-5,7-8,25H,6,9-13H2,1-2H3;18H,2-6H2,1H3;1-5H,6H2;1H/q+1;;;/p-1. The molecule has 0 aliphatic heterocycles. The molecule has 0 aliphatic rings. The molecule has 0 fully saturated rings. The Kier molecular flexibility index (Phi) is 25.4. The fraction of sp³-hybridized carbons (Fsp3) is 0.636. The minimum atomic E-state index is -6.26. The van der Waals surface area contributed by atoms with Crippen LogP contribution in [0.15, 0.2) is 60.7 Å². The molecule has 27 heteroatoms. The molecule has 0 heterocycles. The molecule has 0 aliphatic carbocycles. The van der Waals surface area contributed by atoms with Gasteiger partial charge in [0.2, 0.25) is 20.0 Å². The molecule has 2 aromatic rings. The van der Waals surface area contributed by atoms with Gasteiger partial charge in [0.15, 0.2) is 0 Å². The summed E-state index contributed by atoms with van der Waals surface area (Å²) in [6.45, 7) is 1.23. The van der Waals surface area contributed by atoms with Gasteiger partial charge in [-0.3, -0.25) is 3.11 Å². The van der Waals surface area contributed by atoms with E-state index in [-0.39, 0.29) is 31.9 Å². The maximum Gasteiger partial charge on any atom is 0.431 e. The van der Waals surface area contributed by atoms with Crippen LogP contribution in [0.2, 0.25) is 0 Å². The summed E-state index contributed by atoms with van der Waals surface area (Å²) in [4.78, 5) is 0. The van der Waals surface area contributed by atoms with Crippen molar-refractivity contribution in [3.63, 3.8) is 0 Å². The van der Waals surface area contributed by atoms with Crippen molar-refractivity contribution in [2.45, 2.75) is 74.2 Å². The van der Waals surface area contributed by atoms with Crippen LogP contribution in [0.25, 0.3) is 0 Å². The molecule has 2 aromatic carbocycles. The predicted octanol–water partition coefficient (Wildman–Crippen LogP) is 6.03. The van der Waals surface area contributed by atoms with Crippen LogP contribution in [-0.2, 0) is 32.5 Å². The van der Waals surface area contributed by atoms with E-state index in [0.717, 1.165) is 5.56 Å². The Hall–Kier alpha value is -1.49. The monoisotopic (exact) mass is 1090 g/mol. The number of hydrogen-bond acceptors (Lipinski definition) is 5. The lowest BCUT2D eigenvalue weighted by Gasteiger charge is -2.30. The van der Waals surface area contributed by atoms with Gasteiger partial charge in [-0.2, -0.15) is 52.7 Å². The van der Waals surface area contributed by atoms with Crippen molar-refractivity contribution in [2.75, 3.05) is 58.8 Å². The van der Waals surface area contributed by atoms with Gasteiger partial charge < -0.3 is 16.9 Å². The van der Waals surface area contributed by atoms with Gasteiger partial charge in [0, 0.05) is 73.2 Å². The zero-order valence-electron chi connectivity index (χ0n) is 32.0. The Balaban J connectivity index is 0. The molecule has 0 atom stereocenters. The van der Waals surface area contributed by atoms with Crippen molar-refractivity contribution in [1.82, 2.24) is 12.6 Å². The summed E-state index contributed by atoms with van der Waals surface area (Å²) in [7, 11) is -3.48. The quantitative estimate of drug-likeness (QED) is 0.0449. The number of nitrogens with one attached hydrogen (secondary N) is 2. The summed E-state index contributed by atoms with van der Waals surface area (Å²) < 4.78 is 227. The van der Waals surface area contributed by atoms with Gasteiger partial charge in [-0.25, -0.2) is 35.1 Å². The molecule has 2 rings (SSSR count). The average Bonchev–Trinajstić information content (AvgIpc) is 3.09. The molecule has 0 amide bonds. The molecule has 0 bridgehead atoms. The van der Waals surface area contributed by atoms with Gasteiger partial charge in [-0.05, 0) is 19.0 Å². The zero-order valence-corrected chi connectivity index (χ0v) is 37.3. The van der Waals surface area contributed by atoms with Crippen LogP contribution in [0.5, 0.6) is 0 Å². The second kappa shape index (κ2) is 25.1. The van der Waals surface area contributed by atoms with E-state index in [1.807, 2.05) is 107 Å². The molecular formula is C33H45Cl2F14IN4O4S2. The van der Waals surface area contributed by atoms with Crippen LogP contribution in [-0.4, -0.2) is 119 Å². The van der Waals surface area contributed by atoms with Gasteiger partial charge in [0.1, 0.15) is 6.54 Å². The van der Waals surface area contributed by atoms with Crippen molar-refractivity contribution in [2.24, 2.45) is 0 Å². The second-order valence-corrected chi connectivity index (χ2v) is 19.2. The van der Waals surface area contributed by atoms with Crippen LogP contribution >= 0.6 is 34.5 Å².